The van der Waals surface area contributed by atoms with Gasteiger partial charge in [-0.2, -0.15) is 0 Å². The third-order valence-corrected chi connectivity index (χ3v) is 1.19. The summed E-state index contributed by atoms with van der Waals surface area (Å²) in [6.07, 6.45) is 4.26. The van der Waals surface area contributed by atoms with E-state index in [9.17, 15) is 0 Å². The minimum atomic E-state index is -0.235. The molecule has 0 radical (unpaired) electrons. The van der Waals surface area contributed by atoms with E-state index in [0.717, 1.165) is 12.0 Å². The lowest BCUT2D eigenvalue weighted by Gasteiger charge is -1.98. The van der Waals surface area contributed by atoms with Gasteiger partial charge in [-0.1, -0.05) is 0 Å². The van der Waals surface area contributed by atoms with Crippen LogP contribution < -0.4 is 0 Å². The smallest absolute Gasteiger partial charge is 0.0553 e. The Hall–Kier alpha value is -0.760. The lowest BCUT2D eigenvalue weighted by atomic mass is 10.2. The monoisotopic (exact) mass is 125 g/mol. The van der Waals surface area contributed by atoms with Gasteiger partial charge in [0.2, 0.25) is 0 Å². The van der Waals surface area contributed by atoms with Crippen LogP contribution in [0, 0.1) is 0 Å². The Balaban J connectivity index is 2.48. The molecular formula is C7H11NO. The quantitative estimate of drug-likeness (QED) is 0.606. The number of aromatic nitrogens is 1. The van der Waals surface area contributed by atoms with Crippen LogP contribution in [0.5, 0.6) is 0 Å². The lowest BCUT2D eigenvalue weighted by Crippen LogP contribution is -2.02. The van der Waals surface area contributed by atoms with Crippen molar-refractivity contribution >= 4 is 0 Å². The minimum absolute atomic E-state index is 0.235. The third kappa shape index (κ3) is 1.90. The first-order chi connectivity index (χ1) is 4.29. The van der Waals surface area contributed by atoms with Gasteiger partial charge in [0.15, 0.2) is 0 Å². The Kier molecular flexibility index (Phi) is 1.90. The highest BCUT2D eigenvalue weighted by Crippen LogP contribution is 1.99. The molecule has 0 aliphatic carbocycles. The van der Waals surface area contributed by atoms with Gasteiger partial charge in [-0.3, -0.25) is 0 Å². The van der Waals surface area contributed by atoms with E-state index in [2.05, 4.69) is 4.98 Å². The summed E-state index contributed by atoms with van der Waals surface area (Å²) in [4.78, 5) is 2.92. The van der Waals surface area contributed by atoms with Gasteiger partial charge in [0, 0.05) is 12.4 Å². The Labute approximate surface area is 54.5 Å². The highest BCUT2D eigenvalue weighted by molar-refractivity contribution is 5.08. The maximum Gasteiger partial charge on any atom is 0.0553 e. The van der Waals surface area contributed by atoms with Gasteiger partial charge in [-0.05, 0) is 25.0 Å². The number of aromatic amines is 1. The van der Waals surface area contributed by atoms with Crippen LogP contribution in [0.2, 0.25) is 0 Å². The van der Waals surface area contributed by atoms with Crippen LogP contribution in [0.15, 0.2) is 18.5 Å². The highest BCUT2D eigenvalue weighted by Gasteiger charge is 1.96. The van der Waals surface area contributed by atoms with Crippen LogP contribution in [0.3, 0.4) is 0 Å². The first-order valence-electron chi connectivity index (χ1n) is 3.09. The summed E-state index contributed by atoms with van der Waals surface area (Å²) in [6.45, 7) is 1.78. The molecule has 2 N–H and O–H groups in total. The largest absolute Gasteiger partial charge is 0.393 e. The number of H-pyrrole nitrogens is 1. The molecule has 1 aromatic heterocycles. The molecule has 0 amide bonds. The number of nitrogens with one attached hydrogen (secondary N) is 1. The molecule has 0 saturated carbocycles. The van der Waals surface area contributed by atoms with Crippen LogP contribution >= 0.6 is 0 Å². The van der Waals surface area contributed by atoms with E-state index < -0.39 is 0 Å². The summed E-state index contributed by atoms with van der Waals surface area (Å²) >= 11 is 0. The Morgan fingerprint density at radius 1 is 1.78 bits per heavy atom. The van der Waals surface area contributed by atoms with E-state index in [4.69, 9.17) is 5.11 Å². The van der Waals surface area contributed by atoms with E-state index >= 15 is 0 Å². The number of rotatable bonds is 2. The van der Waals surface area contributed by atoms with Gasteiger partial charge in [-0.15, -0.1) is 0 Å². The number of hydrogen-bond donors (Lipinski definition) is 2. The predicted molar refractivity (Wildman–Crippen MR) is 36.2 cm³/mol. The van der Waals surface area contributed by atoms with Crippen molar-refractivity contribution in [2.45, 2.75) is 19.4 Å². The van der Waals surface area contributed by atoms with Crippen molar-refractivity contribution < 1.29 is 5.11 Å². The first-order valence-corrected chi connectivity index (χ1v) is 3.09. The fourth-order valence-corrected chi connectivity index (χ4v) is 0.826. The molecule has 0 aromatic carbocycles. The van der Waals surface area contributed by atoms with E-state index in [1.165, 1.54) is 0 Å². The second-order valence-corrected chi connectivity index (χ2v) is 2.27. The lowest BCUT2D eigenvalue weighted by molar-refractivity contribution is 0.195. The SMILES string of the molecule is C[C@H](O)Cc1cc[nH]c1. The van der Waals surface area contributed by atoms with Crippen molar-refractivity contribution in [1.29, 1.82) is 0 Å². The molecule has 0 aliphatic heterocycles. The van der Waals surface area contributed by atoms with E-state index in [1.807, 2.05) is 18.5 Å². The Morgan fingerprint density at radius 2 is 2.56 bits per heavy atom. The molecule has 50 valence electrons. The predicted octanol–water partition coefficient (Wildman–Crippen LogP) is 0.938. The van der Waals surface area contributed by atoms with Crippen molar-refractivity contribution in [2.24, 2.45) is 0 Å². The number of aliphatic hydroxyl groups excluding tert-OH is 1. The van der Waals surface area contributed by atoms with Crippen LogP contribution in [0.25, 0.3) is 0 Å². The van der Waals surface area contributed by atoms with Crippen molar-refractivity contribution in [2.75, 3.05) is 0 Å². The molecule has 1 atom stereocenters. The molecule has 0 fully saturated rings. The molecule has 0 aliphatic rings. The van der Waals surface area contributed by atoms with Crippen molar-refractivity contribution in [3.05, 3.63) is 24.0 Å². The van der Waals surface area contributed by atoms with Crippen molar-refractivity contribution in [1.82, 2.24) is 4.98 Å². The van der Waals surface area contributed by atoms with Gasteiger partial charge in [0.1, 0.15) is 0 Å². The summed E-state index contributed by atoms with van der Waals surface area (Å²) in [7, 11) is 0. The first kappa shape index (κ1) is 6.36. The highest BCUT2D eigenvalue weighted by atomic mass is 16.3. The second-order valence-electron chi connectivity index (χ2n) is 2.27. The molecule has 0 spiro atoms. The van der Waals surface area contributed by atoms with E-state index in [-0.39, 0.29) is 6.10 Å². The van der Waals surface area contributed by atoms with Gasteiger partial charge < -0.3 is 10.1 Å². The third-order valence-electron chi connectivity index (χ3n) is 1.19. The van der Waals surface area contributed by atoms with Gasteiger partial charge in [0.25, 0.3) is 0 Å². The summed E-state index contributed by atoms with van der Waals surface area (Å²) in [5.74, 6) is 0. The van der Waals surface area contributed by atoms with Crippen LogP contribution in [-0.4, -0.2) is 16.2 Å². The minimum Gasteiger partial charge on any atom is -0.393 e. The Morgan fingerprint density at radius 3 is 3.00 bits per heavy atom. The molecule has 1 heterocycles. The van der Waals surface area contributed by atoms with Crippen LogP contribution in [-0.2, 0) is 6.42 Å². The molecular weight excluding hydrogens is 114 g/mol. The number of aliphatic hydroxyl groups is 1. The van der Waals surface area contributed by atoms with Crippen molar-refractivity contribution in [3.63, 3.8) is 0 Å². The average Bonchev–Trinajstić information content (AvgIpc) is 2.15. The zero-order valence-corrected chi connectivity index (χ0v) is 5.46. The standard InChI is InChI=1S/C7H11NO/c1-6(9)4-7-2-3-8-5-7/h2-3,5-6,8-9H,4H2,1H3/t6-/m0/s1. The average molecular weight is 125 g/mol. The maximum absolute atomic E-state index is 8.91. The molecule has 1 aromatic rings. The van der Waals surface area contributed by atoms with E-state index in [1.54, 1.807) is 6.92 Å². The van der Waals surface area contributed by atoms with Crippen molar-refractivity contribution in [3.8, 4) is 0 Å². The fourth-order valence-electron chi connectivity index (χ4n) is 0.826. The summed E-state index contributed by atoms with van der Waals surface area (Å²) < 4.78 is 0. The zero-order valence-electron chi connectivity index (χ0n) is 5.46. The fraction of sp³-hybridized carbons (Fsp3) is 0.429. The van der Waals surface area contributed by atoms with Crippen LogP contribution in [0.4, 0.5) is 0 Å². The normalized spacial score (nSPS) is 13.6. The molecule has 1 rings (SSSR count). The second kappa shape index (κ2) is 2.69. The molecule has 2 nitrogen and oxygen atoms in total. The molecule has 9 heavy (non-hydrogen) atoms. The number of hydrogen-bond acceptors (Lipinski definition) is 1. The topological polar surface area (TPSA) is 36.0 Å². The zero-order chi connectivity index (χ0) is 6.69. The van der Waals surface area contributed by atoms with Gasteiger partial charge in [-0.25, -0.2) is 0 Å². The van der Waals surface area contributed by atoms with E-state index in [0.29, 0.717) is 0 Å². The maximum atomic E-state index is 8.91. The Bertz CT molecular complexity index is 155. The summed E-state index contributed by atoms with van der Waals surface area (Å²) in [6, 6.07) is 1.96. The summed E-state index contributed by atoms with van der Waals surface area (Å²) in [5.41, 5.74) is 1.16. The summed E-state index contributed by atoms with van der Waals surface area (Å²) in [5, 5.41) is 8.91. The van der Waals surface area contributed by atoms with Crippen LogP contribution in [0.1, 0.15) is 12.5 Å². The van der Waals surface area contributed by atoms with Gasteiger partial charge >= 0.3 is 0 Å². The molecule has 0 bridgehead atoms. The molecule has 0 saturated heterocycles. The van der Waals surface area contributed by atoms with Gasteiger partial charge in [0.05, 0.1) is 6.10 Å². The molecule has 0 unspecified atom stereocenters. The molecule has 2 heteroatoms.